The number of alkyl halides is 1. The van der Waals surface area contributed by atoms with Crippen molar-refractivity contribution in [3.05, 3.63) is 35.4 Å². The van der Waals surface area contributed by atoms with Crippen molar-refractivity contribution in [1.82, 2.24) is 4.90 Å². The molecule has 0 aliphatic carbocycles. The van der Waals surface area contributed by atoms with Gasteiger partial charge in [0.25, 0.3) is 0 Å². The lowest BCUT2D eigenvalue weighted by Crippen LogP contribution is -2.55. The maximum absolute atomic E-state index is 13.2. The molecule has 0 radical (unpaired) electrons. The standard InChI is InChI=1S/C14H18F3NO/c1-14(19,10-5-12(16)7-13(17)6-10)11-8-18(9-11)4-2-3-15/h5-7,11,19H,2-4,8-9H2,1H3. The molecular formula is C14H18F3NO. The van der Waals surface area contributed by atoms with Gasteiger partial charge in [0.05, 0.1) is 12.3 Å². The van der Waals surface area contributed by atoms with Crippen LogP contribution < -0.4 is 0 Å². The van der Waals surface area contributed by atoms with Crippen LogP contribution in [0.15, 0.2) is 18.2 Å². The summed E-state index contributed by atoms with van der Waals surface area (Å²) < 4.78 is 38.4. The summed E-state index contributed by atoms with van der Waals surface area (Å²) in [5, 5.41) is 10.5. The van der Waals surface area contributed by atoms with E-state index in [-0.39, 0.29) is 18.2 Å². The third-order valence-electron chi connectivity index (χ3n) is 3.81. The van der Waals surface area contributed by atoms with E-state index < -0.39 is 17.2 Å². The van der Waals surface area contributed by atoms with Crippen molar-refractivity contribution >= 4 is 0 Å². The highest BCUT2D eigenvalue weighted by Crippen LogP contribution is 2.36. The molecule has 1 unspecified atom stereocenters. The lowest BCUT2D eigenvalue weighted by molar-refractivity contribution is -0.0799. The van der Waals surface area contributed by atoms with Crippen LogP contribution in [0.3, 0.4) is 0 Å². The molecule has 0 spiro atoms. The number of benzene rings is 1. The zero-order valence-corrected chi connectivity index (χ0v) is 10.9. The molecule has 2 nitrogen and oxygen atoms in total. The minimum absolute atomic E-state index is 0.0895. The summed E-state index contributed by atoms with van der Waals surface area (Å²) in [6.45, 7) is 3.10. The molecule has 1 saturated heterocycles. The second kappa shape index (κ2) is 5.51. The molecule has 1 N–H and O–H groups in total. The van der Waals surface area contributed by atoms with Gasteiger partial charge in [0.1, 0.15) is 11.6 Å². The second-order valence-corrected chi connectivity index (χ2v) is 5.30. The summed E-state index contributed by atoms with van der Waals surface area (Å²) in [7, 11) is 0. The summed E-state index contributed by atoms with van der Waals surface area (Å²) in [6, 6.07) is 3.11. The highest BCUT2D eigenvalue weighted by molar-refractivity contribution is 5.25. The first kappa shape index (κ1) is 14.3. The van der Waals surface area contributed by atoms with Crippen molar-refractivity contribution in [2.45, 2.75) is 18.9 Å². The van der Waals surface area contributed by atoms with Gasteiger partial charge in [-0.2, -0.15) is 0 Å². The van der Waals surface area contributed by atoms with Gasteiger partial charge in [-0.05, 0) is 31.0 Å². The van der Waals surface area contributed by atoms with E-state index in [0.29, 0.717) is 26.1 Å². The van der Waals surface area contributed by atoms with Gasteiger partial charge in [0.2, 0.25) is 0 Å². The molecule has 1 aromatic rings. The number of hydrogen-bond acceptors (Lipinski definition) is 2. The van der Waals surface area contributed by atoms with E-state index in [9.17, 15) is 18.3 Å². The Hall–Kier alpha value is -1.07. The summed E-state index contributed by atoms with van der Waals surface area (Å²) in [6.07, 6.45) is 0.476. The number of likely N-dealkylation sites (tertiary alicyclic amines) is 1. The minimum Gasteiger partial charge on any atom is -0.385 e. The summed E-state index contributed by atoms with van der Waals surface area (Å²) in [5.74, 6) is -1.47. The lowest BCUT2D eigenvalue weighted by atomic mass is 9.78. The van der Waals surface area contributed by atoms with Crippen molar-refractivity contribution in [2.24, 2.45) is 5.92 Å². The van der Waals surface area contributed by atoms with Crippen LogP contribution >= 0.6 is 0 Å². The third-order valence-corrected chi connectivity index (χ3v) is 3.81. The van der Waals surface area contributed by atoms with Gasteiger partial charge in [-0.3, -0.25) is 4.39 Å². The molecular weight excluding hydrogens is 255 g/mol. The van der Waals surface area contributed by atoms with Crippen molar-refractivity contribution in [3.63, 3.8) is 0 Å². The van der Waals surface area contributed by atoms with E-state index >= 15 is 0 Å². The predicted molar refractivity (Wildman–Crippen MR) is 66.5 cm³/mol. The van der Waals surface area contributed by atoms with Gasteiger partial charge in [-0.1, -0.05) is 0 Å². The Balaban J connectivity index is 2.03. The average molecular weight is 273 g/mol. The van der Waals surface area contributed by atoms with Gasteiger partial charge in [-0.15, -0.1) is 0 Å². The Kier molecular flexibility index (Phi) is 4.16. The highest BCUT2D eigenvalue weighted by atomic mass is 19.1. The Morgan fingerprint density at radius 2 is 1.84 bits per heavy atom. The van der Waals surface area contributed by atoms with Gasteiger partial charge < -0.3 is 10.0 Å². The molecule has 0 aromatic heterocycles. The fourth-order valence-corrected chi connectivity index (χ4v) is 2.47. The highest BCUT2D eigenvalue weighted by Gasteiger charge is 2.41. The quantitative estimate of drug-likeness (QED) is 0.891. The number of halogens is 3. The number of hydrogen-bond donors (Lipinski definition) is 1. The molecule has 1 heterocycles. The van der Waals surface area contributed by atoms with Crippen LogP contribution in [-0.2, 0) is 5.60 Å². The van der Waals surface area contributed by atoms with Crippen LogP contribution in [0.25, 0.3) is 0 Å². The summed E-state index contributed by atoms with van der Waals surface area (Å²) in [4.78, 5) is 2.02. The molecule has 5 heteroatoms. The first-order chi connectivity index (χ1) is 8.93. The fraction of sp³-hybridized carbons (Fsp3) is 0.571. The lowest BCUT2D eigenvalue weighted by Gasteiger charge is -2.46. The molecule has 0 saturated carbocycles. The summed E-state index contributed by atoms with van der Waals surface area (Å²) >= 11 is 0. The Morgan fingerprint density at radius 1 is 1.26 bits per heavy atom. The Morgan fingerprint density at radius 3 is 2.37 bits per heavy atom. The van der Waals surface area contributed by atoms with Crippen LogP contribution in [0.5, 0.6) is 0 Å². The zero-order valence-electron chi connectivity index (χ0n) is 10.9. The topological polar surface area (TPSA) is 23.5 Å². The van der Waals surface area contributed by atoms with E-state index in [1.165, 1.54) is 0 Å². The van der Waals surface area contributed by atoms with Gasteiger partial charge >= 0.3 is 0 Å². The monoisotopic (exact) mass is 273 g/mol. The predicted octanol–water partition coefficient (Wildman–Crippen LogP) is 2.46. The van der Waals surface area contributed by atoms with Crippen LogP contribution in [-0.4, -0.2) is 36.3 Å². The maximum atomic E-state index is 13.2. The van der Waals surface area contributed by atoms with E-state index in [4.69, 9.17) is 0 Å². The third kappa shape index (κ3) is 3.09. The van der Waals surface area contributed by atoms with Crippen LogP contribution in [0, 0.1) is 17.6 Å². The number of aliphatic hydroxyl groups is 1. The first-order valence-electron chi connectivity index (χ1n) is 6.40. The van der Waals surface area contributed by atoms with E-state index in [1.54, 1.807) is 6.92 Å². The smallest absolute Gasteiger partial charge is 0.126 e. The van der Waals surface area contributed by atoms with E-state index in [0.717, 1.165) is 18.2 Å². The number of rotatable bonds is 5. The van der Waals surface area contributed by atoms with E-state index in [2.05, 4.69) is 0 Å². The molecule has 0 amide bonds. The Bertz CT molecular complexity index is 424. The zero-order chi connectivity index (χ0) is 14.0. The van der Waals surface area contributed by atoms with Crippen LogP contribution in [0.2, 0.25) is 0 Å². The molecule has 106 valence electrons. The SMILES string of the molecule is CC(O)(c1cc(F)cc(F)c1)C1CN(CCCF)C1. The molecule has 1 fully saturated rings. The summed E-state index contributed by atoms with van der Waals surface area (Å²) in [5.41, 5.74) is -1.02. The molecule has 0 bridgehead atoms. The number of nitrogens with zero attached hydrogens (tertiary/aromatic N) is 1. The Labute approximate surface area is 110 Å². The van der Waals surface area contributed by atoms with Crippen LogP contribution in [0.1, 0.15) is 18.9 Å². The molecule has 1 atom stereocenters. The van der Waals surface area contributed by atoms with Crippen LogP contribution in [0.4, 0.5) is 13.2 Å². The molecule has 2 rings (SSSR count). The van der Waals surface area contributed by atoms with Crippen molar-refractivity contribution in [3.8, 4) is 0 Å². The minimum atomic E-state index is -1.27. The normalized spacial score (nSPS) is 20.1. The van der Waals surface area contributed by atoms with Gasteiger partial charge in [0.15, 0.2) is 0 Å². The van der Waals surface area contributed by atoms with Gasteiger partial charge in [0, 0.05) is 31.6 Å². The van der Waals surface area contributed by atoms with Crippen molar-refractivity contribution < 1.29 is 18.3 Å². The second-order valence-electron chi connectivity index (χ2n) is 5.30. The molecule has 1 aliphatic heterocycles. The maximum Gasteiger partial charge on any atom is 0.126 e. The molecule has 1 aromatic carbocycles. The van der Waals surface area contributed by atoms with Crippen molar-refractivity contribution in [2.75, 3.05) is 26.3 Å². The molecule has 19 heavy (non-hydrogen) atoms. The average Bonchev–Trinajstić information content (AvgIpc) is 2.25. The largest absolute Gasteiger partial charge is 0.385 e. The fourth-order valence-electron chi connectivity index (χ4n) is 2.47. The first-order valence-corrected chi connectivity index (χ1v) is 6.40. The van der Waals surface area contributed by atoms with Crippen molar-refractivity contribution in [1.29, 1.82) is 0 Å². The van der Waals surface area contributed by atoms with E-state index in [1.807, 2.05) is 4.90 Å². The molecule has 1 aliphatic rings. The van der Waals surface area contributed by atoms with Gasteiger partial charge in [-0.25, -0.2) is 8.78 Å².